The number of alkyl halides is 1. The van der Waals surface area contributed by atoms with E-state index in [4.69, 9.17) is 26.5 Å². The highest BCUT2D eigenvalue weighted by Gasteiger charge is 2.30. The lowest BCUT2D eigenvalue weighted by Crippen LogP contribution is -2.16. The fraction of sp³-hybridized carbons (Fsp3) is 1.00. The molecule has 0 aliphatic heterocycles. The normalized spacial score (nSPS) is 19.2. The Bertz CT molecular complexity index is 130. The van der Waals surface area contributed by atoms with E-state index in [2.05, 4.69) is 0 Å². The van der Waals surface area contributed by atoms with Gasteiger partial charge in [0.2, 0.25) is 0 Å². The monoisotopic (exact) mass is 174 g/mol. The van der Waals surface area contributed by atoms with Crippen molar-refractivity contribution in [1.82, 2.24) is 0 Å². The molecule has 56 valence electrons. The molecule has 0 saturated carbocycles. The lowest BCUT2D eigenvalue weighted by Gasteiger charge is -2.12. The number of halogens is 1. The molecule has 0 aliphatic carbocycles. The fourth-order valence-corrected chi connectivity index (χ4v) is 0.843. The maximum absolute atomic E-state index is 10.2. The Morgan fingerprint density at radius 1 is 1.56 bits per heavy atom. The predicted octanol–water partition coefficient (Wildman–Crippen LogP) is 0.110. The van der Waals surface area contributed by atoms with E-state index < -0.39 is 18.8 Å². The van der Waals surface area contributed by atoms with Gasteiger partial charge in [0.15, 0.2) is 5.12 Å². The van der Waals surface area contributed by atoms with E-state index in [0.29, 0.717) is 0 Å². The lowest BCUT2D eigenvalue weighted by molar-refractivity contribution is 0.197. The van der Waals surface area contributed by atoms with Crippen LogP contribution in [0.5, 0.6) is 0 Å². The van der Waals surface area contributed by atoms with Gasteiger partial charge in [-0.05, 0) is 6.92 Å². The summed E-state index contributed by atoms with van der Waals surface area (Å²) in [5.41, 5.74) is 0. The van der Waals surface area contributed by atoms with Gasteiger partial charge in [0, 0.05) is 0 Å². The van der Waals surface area contributed by atoms with Crippen LogP contribution in [0.25, 0.3) is 0 Å². The van der Waals surface area contributed by atoms with Gasteiger partial charge in [0.25, 0.3) is 0 Å². The first-order valence-corrected chi connectivity index (χ1v) is 4.35. The Balaban J connectivity index is 4.05. The van der Waals surface area contributed by atoms with Crippen molar-refractivity contribution in [3.8, 4) is 0 Å². The van der Waals surface area contributed by atoms with Crippen LogP contribution in [0.15, 0.2) is 0 Å². The van der Waals surface area contributed by atoms with Gasteiger partial charge in [0.05, 0.1) is 6.10 Å². The van der Waals surface area contributed by atoms with Gasteiger partial charge < -0.3 is 14.9 Å². The molecule has 3 N–H and O–H groups in total. The van der Waals surface area contributed by atoms with Gasteiger partial charge in [-0.1, -0.05) is 0 Å². The highest BCUT2D eigenvalue weighted by atomic mass is 35.5. The smallest absolute Gasteiger partial charge is 0.345 e. The van der Waals surface area contributed by atoms with Crippen LogP contribution in [0, 0.1) is 0 Å². The molecular weight excluding hydrogens is 166 g/mol. The van der Waals surface area contributed by atoms with E-state index in [1.807, 2.05) is 0 Å². The van der Waals surface area contributed by atoms with Crippen molar-refractivity contribution in [3.63, 3.8) is 0 Å². The average Bonchev–Trinajstić information content (AvgIpc) is 1.62. The molecule has 0 rings (SSSR count). The molecule has 0 aromatic rings. The summed E-state index contributed by atoms with van der Waals surface area (Å²) in [6.45, 7) is 1.22. The molecule has 0 radical (unpaired) electrons. The molecule has 0 saturated heterocycles. The molecule has 0 heterocycles. The molecule has 0 aliphatic rings. The largest absolute Gasteiger partial charge is 0.391 e. The maximum Gasteiger partial charge on any atom is 0.345 e. The topological polar surface area (TPSA) is 77.8 Å². The Morgan fingerprint density at radius 2 is 1.89 bits per heavy atom. The molecule has 0 spiro atoms. The molecule has 9 heavy (non-hydrogen) atoms. The zero-order valence-electron chi connectivity index (χ0n) is 4.73. The first-order valence-electron chi connectivity index (χ1n) is 2.23. The molecule has 2 unspecified atom stereocenters. The Kier molecular flexibility index (Phi) is 3.12. The first kappa shape index (κ1) is 9.40. The van der Waals surface area contributed by atoms with Crippen molar-refractivity contribution in [2.24, 2.45) is 0 Å². The molecule has 0 fully saturated rings. The Labute approximate surface area is 57.6 Å². The van der Waals surface area contributed by atoms with Gasteiger partial charge in [0.1, 0.15) is 0 Å². The van der Waals surface area contributed by atoms with E-state index in [0.717, 1.165) is 0 Å². The van der Waals surface area contributed by atoms with Gasteiger partial charge >= 0.3 is 7.60 Å². The summed E-state index contributed by atoms with van der Waals surface area (Å²) < 4.78 is 10.2. The average molecular weight is 175 g/mol. The van der Waals surface area contributed by atoms with Crippen LogP contribution in [-0.2, 0) is 4.57 Å². The zero-order chi connectivity index (χ0) is 7.65. The summed E-state index contributed by atoms with van der Waals surface area (Å²) in [4.78, 5) is 16.6. The molecular formula is C3H8ClO4P. The summed E-state index contributed by atoms with van der Waals surface area (Å²) in [5.74, 6) is 0. The zero-order valence-corrected chi connectivity index (χ0v) is 6.38. The molecule has 0 aromatic carbocycles. The van der Waals surface area contributed by atoms with Gasteiger partial charge in [-0.15, -0.1) is 11.6 Å². The third kappa shape index (κ3) is 3.18. The van der Waals surface area contributed by atoms with Crippen LogP contribution in [-0.4, -0.2) is 26.1 Å². The van der Waals surface area contributed by atoms with Crippen molar-refractivity contribution >= 4 is 19.2 Å². The van der Waals surface area contributed by atoms with Crippen molar-refractivity contribution in [1.29, 1.82) is 0 Å². The van der Waals surface area contributed by atoms with E-state index in [1.54, 1.807) is 0 Å². The first-order chi connectivity index (χ1) is 3.85. The molecule has 4 nitrogen and oxygen atoms in total. The number of hydrogen-bond acceptors (Lipinski definition) is 2. The van der Waals surface area contributed by atoms with Crippen LogP contribution in [0.1, 0.15) is 6.92 Å². The molecule has 0 aromatic heterocycles. The third-order valence-corrected chi connectivity index (χ3v) is 2.92. The SMILES string of the molecule is CC(O)C(Cl)P(=O)(O)O. The Morgan fingerprint density at radius 3 is 1.89 bits per heavy atom. The van der Waals surface area contributed by atoms with Gasteiger partial charge in [-0.3, -0.25) is 4.57 Å². The fourth-order valence-electron chi connectivity index (χ4n) is 0.281. The van der Waals surface area contributed by atoms with Crippen molar-refractivity contribution in [2.45, 2.75) is 18.1 Å². The second-order valence-electron chi connectivity index (χ2n) is 1.70. The van der Waals surface area contributed by atoms with E-state index in [-0.39, 0.29) is 0 Å². The highest BCUT2D eigenvalue weighted by molar-refractivity contribution is 7.54. The molecule has 0 bridgehead atoms. The third-order valence-electron chi connectivity index (χ3n) is 0.719. The van der Waals surface area contributed by atoms with Crippen molar-refractivity contribution in [3.05, 3.63) is 0 Å². The molecule has 0 amide bonds. The number of rotatable bonds is 2. The van der Waals surface area contributed by atoms with Crippen LogP contribution < -0.4 is 0 Å². The van der Waals surface area contributed by atoms with Crippen molar-refractivity contribution in [2.75, 3.05) is 0 Å². The minimum Gasteiger partial charge on any atom is -0.391 e. The van der Waals surface area contributed by atoms with Crippen LogP contribution in [0.2, 0.25) is 0 Å². The predicted molar refractivity (Wildman–Crippen MR) is 33.4 cm³/mol. The summed E-state index contributed by atoms with van der Waals surface area (Å²) in [6.07, 6.45) is -1.19. The molecule has 6 heteroatoms. The standard InChI is InChI=1S/C3H8ClO4P/c1-2(5)3(4)9(6,7)8/h2-3,5H,1H3,(H2,6,7,8). The van der Waals surface area contributed by atoms with E-state index >= 15 is 0 Å². The number of hydrogen-bond donors (Lipinski definition) is 3. The number of aliphatic hydroxyl groups is 1. The minimum atomic E-state index is -4.30. The van der Waals surface area contributed by atoms with Gasteiger partial charge in [-0.25, -0.2) is 0 Å². The van der Waals surface area contributed by atoms with Crippen LogP contribution in [0.4, 0.5) is 0 Å². The maximum atomic E-state index is 10.2. The summed E-state index contributed by atoms with van der Waals surface area (Å²) >= 11 is 5.08. The second-order valence-corrected chi connectivity index (χ2v) is 4.21. The minimum absolute atomic E-state index is 1.19. The van der Waals surface area contributed by atoms with E-state index in [9.17, 15) is 4.57 Å². The summed E-state index contributed by atoms with van der Waals surface area (Å²) in [7, 11) is -4.30. The lowest BCUT2D eigenvalue weighted by atomic mass is 10.5. The van der Waals surface area contributed by atoms with Crippen molar-refractivity contribution < 1.29 is 19.5 Å². The van der Waals surface area contributed by atoms with E-state index in [1.165, 1.54) is 6.92 Å². The highest BCUT2D eigenvalue weighted by Crippen LogP contribution is 2.44. The molecule has 2 atom stereocenters. The summed E-state index contributed by atoms with van der Waals surface area (Å²) in [5, 5.41) is 7.04. The van der Waals surface area contributed by atoms with Gasteiger partial charge in [-0.2, -0.15) is 0 Å². The Hall–Kier alpha value is 0.400. The number of aliphatic hydroxyl groups excluding tert-OH is 1. The quantitative estimate of drug-likeness (QED) is 0.410. The van der Waals surface area contributed by atoms with Crippen LogP contribution in [0.3, 0.4) is 0 Å². The summed E-state index contributed by atoms with van der Waals surface area (Å²) in [6, 6.07) is 0. The second kappa shape index (κ2) is 2.99. The van der Waals surface area contributed by atoms with Crippen LogP contribution >= 0.6 is 19.2 Å².